The Morgan fingerprint density at radius 1 is 1.00 bits per heavy atom. The number of likely N-dealkylation sites (tertiary alicyclic amines) is 1. The van der Waals surface area contributed by atoms with Crippen molar-refractivity contribution >= 4 is 12.0 Å². The molecule has 31 heavy (non-hydrogen) atoms. The fourth-order valence-electron chi connectivity index (χ4n) is 5.91. The Kier molecular flexibility index (Phi) is 4.99. The van der Waals surface area contributed by atoms with E-state index in [1.807, 2.05) is 4.90 Å². The molecule has 3 fully saturated rings. The zero-order valence-corrected chi connectivity index (χ0v) is 18.0. The number of alkyl carbamates (subject to hydrolysis) is 1. The van der Waals surface area contributed by atoms with E-state index in [4.69, 9.17) is 4.74 Å². The number of piperidine rings is 1. The molecule has 0 bridgehead atoms. The van der Waals surface area contributed by atoms with Crippen LogP contribution in [0.1, 0.15) is 43.7 Å². The molecule has 1 N–H and O–H groups in total. The van der Waals surface area contributed by atoms with Gasteiger partial charge in [0.05, 0.1) is 5.54 Å². The lowest BCUT2D eigenvalue weighted by atomic mass is 9.64. The molecule has 0 atom stereocenters. The predicted molar refractivity (Wildman–Crippen MR) is 119 cm³/mol. The van der Waals surface area contributed by atoms with Crippen LogP contribution in [0.3, 0.4) is 0 Å². The first-order valence-corrected chi connectivity index (χ1v) is 11.3. The monoisotopic (exact) mass is 418 g/mol. The van der Waals surface area contributed by atoms with Crippen molar-refractivity contribution in [1.29, 1.82) is 0 Å². The minimum absolute atomic E-state index is 0.00757. The molecule has 1 saturated carbocycles. The Hall–Kier alpha value is -2.82. The van der Waals surface area contributed by atoms with E-state index in [2.05, 4.69) is 72.9 Å². The fraction of sp³-hybridized carbons (Fsp3) is 0.462. The van der Waals surface area contributed by atoms with Gasteiger partial charge in [-0.2, -0.15) is 0 Å². The minimum atomic E-state index is -0.354. The summed E-state index contributed by atoms with van der Waals surface area (Å²) in [5.41, 5.74) is 2.30. The van der Waals surface area contributed by atoms with E-state index >= 15 is 0 Å². The second-order valence-electron chi connectivity index (χ2n) is 9.62. The van der Waals surface area contributed by atoms with Crippen LogP contribution in [-0.2, 0) is 14.9 Å². The maximum atomic E-state index is 13.1. The number of nitrogens with zero attached hydrogens (tertiary/aromatic N) is 1. The van der Waals surface area contributed by atoms with Crippen molar-refractivity contribution in [3.8, 4) is 0 Å². The molecule has 5 heteroatoms. The van der Waals surface area contributed by atoms with Crippen LogP contribution in [0, 0.1) is 11.8 Å². The van der Waals surface area contributed by atoms with Crippen molar-refractivity contribution < 1.29 is 14.3 Å². The van der Waals surface area contributed by atoms with Gasteiger partial charge in [0.2, 0.25) is 5.91 Å². The molecule has 2 saturated heterocycles. The maximum Gasteiger partial charge on any atom is 0.407 e. The Balaban J connectivity index is 1.27. The Bertz CT molecular complexity index is 906. The number of carbonyl (C=O) groups excluding carboxylic acids is 2. The van der Waals surface area contributed by atoms with Gasteiger partial charge >= 0.3 is 6.09 Å². The van der Waals surface area contributed by atoms with Crippen LogP contribution >= 0.6 is 0 Å². The van der Waals surface area contributed by atoms with E-state index in [1.54, 1.807) is 0 Å². The van der Waals surface area contributed by atoms with Crippen LogP contribution in [0.25, 0.3) is 0 Å². The summed E-state index contributed by atoms with van der Waals surface area (Å²) < 4.78 is 5.04. The molecule has 2 aromatic rings. The highest BCUT2D eigenvalue weighted by Gasteiger charge is 2.53. The number of rotatable bonds is 4. The van der Waals surface area contributed by atoms with Gasteiger partial charge in [0, 0.05) is 24.4 Å². The van der Waals surface area contributed by atoms with E-state index in [0.29, 0.717) is 25.4 Å². The lowest BCUT2D eigenvalue weighted by Gasteiger charge is -2.47. The molecule has 2 aliphatic heterocycles. The summed E-state index contributed by atoms with van der Waals surface area (Å²) >= 11 is 0. The van der Waals surface area contributed by atoms with Gasteiger partial charge in [0.1, 0.15) is 6.61 Å². The molecule has 2 amide bonds. The number of hydrogen-bond donors (Lipinski definition) is 1. The number of amides is 2. The number of nitrogens with one attached hydrogen (secondary N) is 1. The van der Waals surface area contributed by atoms with Gasteiger partial charge in [-0.1, -0.05) is 67.6 Å². The van der Waals surface area contributed by atoms with Crippen LogP contribution in [0.4, 0.5) is 4.79 Å². The minimum Gasteiger partial charge on any atom is -0.447 e. The van der Waals surface area contributed by atoms with Crippen LogP contribution in [0.2, 0.25) is 0 Å². The highest BCUT2D eigenvalue weighted by atomic mass is 16.6. The molecule has 1 spiro atoms. The number of hydrogen-bond acceptors (Lipinski definition) is 3. The largest absolute Gasteiger partial charge is 0.447 e. The predicted octanol–water partition coefficient (Wildman–Crippen LogP) is 4.12. The molecule has 5 rings (SSSR count). The highest BCUT2D eigenvalue weighted by Crippen LogP contribution is 2.45. The quantitative estimate of drug-likeness (QED) is 0.813. The zero-order valence-electron chi connectivity index (χ0n) is 18.0. The molecule has 0 unspecified atom stereocenters. The molecule has 0 radical (unpaired) electrons. The third kappa shape index (κ3) is 3.50. The molecular weight excluding hydrogens is 388 g/mol. The van der Waals surface area contributed by atoms with Crippen molar-refractivity contribution in [1.82, 2.24) is 10.2 Å². The SMILES string of the molecule is CC(c1ccccc1)(c1ccccc1)C1CCN(C(=O)[C@H]2C[C@]3(COC(=O)N3)C2)CC1. The van der Waals surface area contributed by atoms with Crippen LogP contribution < -0.4 is 5.32 Å². The summed E-state index contributed by atoms with van der Waals surface area (Å²) in [6, 6.07) is 21.5. The number of cyclic esters (lactones) is 1. The van der Waals surface area contributed by atoms with E-state index in [9.17, 15) is 9.59 Å². The Labute approximate surface area is 183 Å². The van der Waals surface area contributed by atoms with Gasteiger partial charge in [0.15, 0.2) is 0 Å². The summed E-state index contributed by atoms with van der Waals surface area (Å²) in [5, 5.41) is 2.89. The van der Waals surface area contributed by atoms with Crippen LogP contribution in [-0.4, -0.2) is 42.1 Å². The third-order valence-corrected chi connectivity index (χ3v) is 7.84. The smallest absolute Gasteiger partial charge is 0.407 e. The first-order valence-electron chi connectivity index (χ1n) is 11.3. The molecule has 2 heterocycles. The zero-order chi connectivity index (χ0) is 21.5. The van der Waals surface area contributed by atoms with E-state index in [1.165, 1.54) is 11.1 Å². The molecule has 162 valence electrons. The Morgan fingerprint density at radius 3 is 2.03 bits per heavy atom. The average molecular weight is 419 g/mol. The van der Waals surface area contributed by atoms with Gasteiger partial charge in [-0.3, -0.25) is 4.79 Å². The van der Waals surface area contributed by atoms with Crippen molar-refractivity contribution in [3.63, 3.8) is 0 Å². The molecule has 1 aliphatic carbocycles. The third-order valence-electron chi connectivity index (χ3n) is 7.84. The second-order valence-corrected chi connectivity index (χ2v) is 9.62. The Morgan fingerprint density at radius 2 is 1.55 bits per heavy atom. The first-order chi connectivity index (χ1) is 15.0. The standard InChI is InChI=1S/C26H30N2O3/c1-25(20-8-4-2-5-9-20,21-10-6-3-7-11-21)22-12-14-28(15-13-22)23(29)19-16-26(17-19)18-31-24(30)27-26/h2-11,19,22H,12-18H2,1H3,(H,27,30)/t19-,26+. The van der Waals surface area contributed by atoms with Crippen LogP contribution in [0.5, 0.6) is 0 Å². The molecule has 5 nitrogen and oxygen atoms in total. The lowest BCUT2D eigenvalue weighted by molar-refractivity contribution is -0.142. The summed E-state index contributed by atoms with van der Waals surface area (Å²) in [4.78, 5) is 26.5. The number of ether oxygens (including phenoxy) is 1. The maximum absolute atomic E-state index is 13.1. The topological polar surface area (TPSA) is 58.6 Å². The van der Waals surface area contributed by atoms with E-state index in [0.717, 1.165) is 25.9 Å². The summed E-state index contributed by atoms with van der Waals surface area (Å²) in [6.45, 7) is 4.35. The highest BCUT2D eigenvalue weighted by molar-refractivity contribution is 5.81. The van der Waals surface area contributed by atoms with Crippen molar-refractivity contribution in [3.05, 3.63) is 71.8 Å². The molecular formula is C26H30N2O3. The van der Waals surface area contributed by atoms with E-state index < -0.39 is 0 Å². The van der Waals surface area contributed by atoms with Gasteiger partial charge < -0.3 is 15.0 Å². The van der Waals surface area contributed by atoms with Gasteiger partial charge in [-0.25, -0.2) is 4.79 Å². The molecule has 0 aromatic heterocycles. The lowest BCUT2D eigenvalue weighted by Crippen LogP contribution is -2.59. The van der Waals surface area contributed by atoms with Gasteiger partial charge in [-0.05, 0) is 42.7 Å². The number of carbonyl (C=O) groups is 2. The normalized spacial score (nSPS) is 26.3. The van der Waals surface area contributed by atoms with E-state index in [-0.39, 0.29) is 28.9 Å². The van der Waals surface area contributed by atoms with Gasteiger partial charge in [-0.15, -0.1) is 0 Å². The number of benzene rings is 2. The average Bonchev–Trinajstić information content (AvgIpc) is 3.20. The summed E-state index contributed by atoms with van der Waals surface area (Å²) in [7, 11) is 0. The fourth-order valence-corrected chi connectivity index (χ4v) is 5.91. The molecule has 2 aromatic carbocycles. The summed E-state index contributed by atoms with van der Waals surface area (Å²) in [5.74, 6) is 0.719. The molecule has 3 aliphatic rings. The van der Waals surface area contributed by atoms with Crippen molar-refractivity contribution in [2.45, 2.75) is 43.6 Å². The second kappa shape index (κ2) is 7.70. The van der Waals surface area contributed by atoms with Crippen LogP contribution in [0.15, 0.2) is 60.7 Å². The van der Waals surface area contributed by atoms with Crippen molar-refractivity contribution in [2.24, 2.45) is 11.8 Å². The van der Waals surface area contributed by atoms with Gasteiger partial charge in [0.25, 0.3) is 0 Å². The first kappa shape index (κ1) is 20.1. The van der Waals surface area contributed by atoms with Crippen molar-refractivity contribution in [2.75, 3.05) is 19.7 Å². The summed E-state index contributed by atoms with van der Waals surface area (Å²) in [6.07, 6.45) is 3.02.